The highest BCUT2D eigenvalue weighted by Gasteiger charge is 2.17. The van der Waals surface area contributed by atoms with E-state index < -0.39 is 0 Å². The van der Waals surface area contributed by atoms with Crippen molar-refractivity contribution in [3.05, 3.63) is 29.8 Å². The lowest BCUT2D eigenvalue weighted by Crippen LogP contribution is -2.33. The summed E-state index contributed by atoms with van der Waals surface area (Å²) in [5.74, 6) is 0.890. The van der Waals surface area contributed by atoms with Crippen LogP contribution >= 0.6 is 0 Å². The molecule has 0 aliphatic carbocycles. The van der Waals surface area contributed by atoms with E-state index in [1.165, 1.54) is 30.6 Å². The van der Waals surface area contributed by atoms with Gasteiger partial charge < -0.3 is 15.1 Å². The summed E-state index contributed by atoms with van der Waals surface area (Å²) >= 11 is 0. The van der Waals surface area contributed by atoms with Crippen molar-refractivity contribution in [1.29, 1.82) is 0 Å². The summed E-state index contributed by atoms with van der Waals surface area (Å²) in [7, 11) is 6.26. The Morgan fingerprint density at radius 1 is 1.30 bits per heavy atom. The number of carbonyl (C=O) groups excluding carboxylic acids is 1. The highest BCUT2D eigenvalue weighted by molar-refractivity contribution is 5.75. The van der Waals surface area contributed by atoms with E-state index in [2.05, 4.69) is 46.4 Å². The van der Waals surface area contributed by atoms with Gasteiger partial charge in [0.15, 0.2) is 0 Å². The Morgan fingerprint density at radius 2 is 2.04 bits per heavy atom. The molecule has 0 spiro atoms. The molecule has 1 N–H and O–H groups in total. The molecule has 1 saturated heterocycles. The van der Waals surface area contributed by atoms with Crippen LogP contribution in [0.15, 0.2) is 24.3 Å². The first-order valence-corrected chi connectivity index (χ1v) is 8.76. The minimum atomic E-state index is 0.197. The van der Waals surface area contributed by atoms with Gasteiger partial charge in [-0.2, -0.15) is 0 Å². The number of nitrogens with zero attached hydrogens (tertiary/aromatic N) is 2. The van der Waals surface area contributed by atoms with Gasteiger partial charge in [0.2, 0.25) is 5.91 Å². The largest absolute Gasteiger partial charge is 0.378 e. The lowest BCUT2D eigenvalue weighted by Gasteiger charge is -2.29. The van der Waals surface area contributed by atoms with Crippen LogP contribution in [-0.4, -0.2) is 51.6 Å². The van der Waals surface area contributed by atoms with Gasteiger partial charge in [-0.05, 0) is 62.9 Å². The molecule has 23 heavy (non-hydrogen) atoms. The predicted molar refractivity (Wildman–Crippen MR) is 96.9 cm³/mol. The van der Waals surface area contributed by atoms with Gasteiger partial charge in [-0.25, -0.2) is 0 Å². The molecule has 1 atom stereocenters. The van der Waals surface area contributed by atoms with E-state index in [4.69, 9.17) is 0 Å². The second kappa shape index (κ2) is 8.92. The second-order valence-electron chi connectivity index (χ2n) is 6.97. The Kier molecular flexibility index (Phi) is 6.90. The molecule has 1 amide bonds. The van der Waals surface area contributed by atoms with Crippen molar-refractivity contribution in [3.8, 4) is 0 Å². The number of likely N-dealkylation sites (tertiary alicyclic amines) is 1. The highest BCUT2D eigenvalue weighted by atomic mass is 16.1. The third-order valence-electron chi connectivity index (χ3n) is 4.69. The molecule has 2 rings (SSSR count). The van der Waals surface area contributed by atoms with Crippen molar-refractivity contribution in [2.24, 2.45) is 5.92 Å². The number of carbonyl (C=O) groups is 1. The first kappa shape index (κ1) is 17.8. The summed E-state index contributed by atoms with van der Waals surface area (Å²) in [6.45, 7) is 3.07. The normalized spacial score (nSPS) is 18.7. The molecule has 4 heteroatoms. The highest BCUT2D eigenvalue weighted by Crippen LogP contribution is 2.19. The number of nitrogens with one attached hydrogen (secondary N) is 1. The maximum absolute atomic E-state index is 12.0. The molecule has 0 bridgehead atoms. The smallest absolute Gasteiger partial charge is 0.220 e. The monoisotopic (exact) mass is 317 g/mol. The minimum Gasteiger partial charge on any atom is -0.378 e. The number of rotatable bonds is 7. The molecule has 0 aromatic heterocycles. The van der Waals surface area contributed by atoms with Crippen LogP contribution in [0.1, 0.15) is 31.2 Å². The lowest BCUT2D eigenvalue weighted by atomic mass is 9.93. The maximum Gasteiger partial charge on any atom is 0.220 e. The topological polar surface area (TPSA) is 35.6 Å². The Hall–Kier alpha value is -1.55. The summed E-state index contributed by atoms with van der Waals surface area (Å²) in [5.41, 5.74) is 2.47. The van der Waals surface area contributed by atoms with Gasteiger partial charge in [0, 0.05) is 39.3 Å². The zero-order chi connectivity index (χ0) is 16.7. The van der Waals surface area contributed by atoms with E-state index in [1.807, 2.05) is 14.1 Å². The van der Waals surface area contributed by atoms with E-state index in [-0.39, 0.29) is 5.91 Å². The number of anilines is 1. The molecule has 1 aliphatic rings. The fourth-order valence-electron chi connectivity index (χ4n) is 3.24. The predicted octanol–water partition coefficient (Wildman–Crippen LogP) is 2.53. The third-order valence-corrected chi connectivity index (χ3v) is 4.69. The molecule has 1 aliphatic heterocycles. The van der Waals surface area contributed by atoms with Crippen molar-refractivity contribution < 1.29 is 4.79 Å². The van der Waals surface area contributed by atoms with Crippen LogP contribution < -0.4 is 10.2 Å². The molecule has 0 saturated carbocycles. The van der Waals surface area contributed by atoms with Crippen molar-refractivity contribution in [2.45, 2.75) is 32.1 Å². The molecule has 1 aromatic rings. The molecule has 1 unspecified atom stereocenters. The molecule has 4 nitrogen and oxygen atoms in total. The first-order valence-electron chi connectivity index (χ1n) is 8.76. The fraction of sp³-hybridized carbons (Fsp3) is 0.632. The summed E-state index contributed by atoms with van der Waals surface area (Å²) in [4.78, 5) is 16.4. The van der Waals surface area contributed by atoms with Crippen LogP contribution in [-0.2, 0) is 11.2 Å². The third kappa shape index (κ3) is 6.22. The minimum absolute atomic E-state index is 0.197. The Morgan fingerprint density at radius 3 is 2.70 bits per heavy atom. The van der Waals surface area contributed by atoms with Crippen LogP contribution in [0.3, 0.4) is 0 Å². The fourth-order valence-corrected chi connectivity index (χ4v) is 3.24. The standard InChI is InChI=1S/C19H31N3O/c1-21(2)18-9-6-16(7-10-18)12-13-20-19(23)11-8-17-5-4-14-22(3)15-17/h6-7,9-10,17H,4-5,8,11-15H2,1-3H3,(H,20,23). The molecule has 1 fully saturated rings. The number of piperidine rings is 1. The van der Waals surface area contributed by atoms with E-state index in [9.17, 15) is 4.79 Å². The molecule has 1 aromatic carbocycles. The summed E-state index contributed by atoms with van der Waals surface area (Å²) in [6.07, 6.45) is 5.12. The molecule has 1 heterocycles. The molecule has 128 valence electrons. The molecular weight excluding hydrogens is 286 g/mol. The Balaban J connectivity index is 1.62. The molecular formula is C19H31N3O. The van der Waals surface area contributed by atoms with Crippen LogP contribution in [0.25, 0.3) is 0 Å². The SMILES string of the molecule is CN1CCCC(CCC(=O)NCCc2ccc(N(C)C)cc2)C1. The summed E-state index contributed by atoms with van der Waals surface area (Å²) < 4.78 is 0. The number of benzene rings is 1. The van der Waals surface area contributed by atoms with Crippen molar-refractivity contribution in [1.82, 2.24) is 10.2 Å². The van der Waals surface area contributed by atoms with Gasteiger partial charge in [0.05, 0.1) is 0 Å². The average Bonchev–Trinajstić information content (AvgIpc) is 2.53. The van der Waals surface area contributed by atoms with Crippen LogP contribution in [0.2, 0.25) is 0 Å². The zero-order valence-corrected chi connectivity index (χ0v) is 14.8. The maximum atomic E-state index is 12.0. The van der Waals surface area contributed by atoms with Gasteiger partial charge >= 0.3 is 0 Å². The quantitative estimate of drug-likeness (QED) is 0.839. The van der Waals surface area contributed by atoms with E-state index in [0.717, 1.165) is 25.9 Å². The van der Waals surface area contributed by atoms with E-state index >= 15 is 0 Å². The molecule has 0 radical (unpaired) electrons. The first-order chi connectivity index (χ1) is 11.0. The average molecular weight is 317 g/mol. The van der Waals surface area contributed by atoms with Gasteiger partial charge in [0.25, 0.3) is 0 Å². The van der Waals surface area contributed by atoms with Gasteiger partial charge in [-0.3, -0.25) is 4.79 Å². The van der Waals surface area contributed by atoms with Crippen molar-refractivity contribution >= 4 is 11.6 Å². The van der Waals surface area contributed by atoms with Gasteiger partial charge in [-0.15, -0.1) is 0 Å². The van der Waals surface area contributed by atoms with Crippen LogP contribution in [0.5, 0.6) is 0 Å². The zero-order valence-electron chi connectivity index (χ0n) is 14.8. The van der Waals surface area contributed by atoms with Crippen LogP contribution in [0.4, 0.5) is 5.69 Å². The number of amides is 1. The Bertz CT molecular complexity index is 484. The van der Waals surface area contributed by atoms with Gasteiger partial charge in [0.1, 0.15) is 0 Å². The lowest BCUT2D eigenvalue weighted by molar-refractivity contribution is -0.121. The van der Waals surface area contributed by atoms with E-state index in [1.54, 1.807) is 0 Å². The van der Waals surface area contributed by atoms with Crippen LogP contribution in [0, 0.1) is 5.92 Å². The number of hydrogen-bond acceptors (Lipinski definition) is 3. The van der Waals surface area contributed by atoms with Crippen molar-refractivity contribution in [2.75, 3.05) is 45.7 Å². The second-order valence-corrected chi connectivity index (χ2v) is 6.97. The Labute approximate surface area is 140 Å². The summed E-state index contributed by atoms with van der Waals surface area (Å²) in [5, 5.41) is 3.06. The van der Waals surface area contributed by atoms with Crippen molar-refractivity contribution in [3.63, 3.8) is 0 Å². The van der Waals surface area contributed by atoms with E-state index in [0.29, 0.717) is 12.3 Å². The number of hydrogen-bond donors (Lipinski definition) is 1. The van der Waals surface area contributed by atoms with Gasteiger partial charge in [-0.1, -0.05) is 12.1 Å². The summed E-state index contributed by atoms with van der Waals surface area (Å²) in [6, 6.07) is 8.52.